The van der Waals surface area contributed by atoms with Gasteiger partial charge in [-0.1, -0.05) is 0 Å². The Hall–Kier alpha value is -2.30. The van der Waals surface area contributed by atoms with E-state index in [0.29, 0.717) is 12.1 Å². The minimum absolute atomic E-state index is 0.0282. The number of rotatable bonds is 1. The Morgan fingerprint density at radius 1 is 1.35 bits per heavy atom. The van der Waals surface area contributed by atoms with Gasteiger partial charge >= 0.3 is 0 Å². The molecule has 1 aliphatic heterocycles. The lowest BCUT2D eigenvalue weighted by atomic mass is 10.1. The summed E-state index contributed by atoms with van der Waals surface area (Å²) in [5.41, 5.74) is 3.27. The van der Waals surface area contributed by atoms with Gasteiger partial charge in [-0.25, -0.2) is 4.98 Å². The van der Waals surface area contributed by atoms with E-state index in [2.05, 4.69) is 15.3 Å². The fourth-order valence-corrected chi connectivity index (χ4v) is 2.03. The molecule has 0 saturated heterocycles. The van der Waals surface area contributed by atoms with E-state index in [1.165, 1.54) is 6.20 Å². The highest BCUT2D eigenvalue weighted by molar-refractivity contribution is 5.97. The minimum atomic E-state index is -0.0490. The molecule has 0 aliphatic carbocycles. The monoisotopic (exact) mass is 229 g/mol. The second kappa shape index (κ2) is 3.62. The average Bonchev–Trinajstić information content (AvgIpc) is 2.74. The molecule has 0 aromatic carbocycles. The highest BCUT2D eigenvalue weighted by Gasteiger charge is 2.19. The van der Waals surface area contributed by atoms with E-state index in [4.69, 9.17) is 0 Å². The van der Waals surface area contributed by atoms with Crippen LogP contribution in [0.1, 0.15) is 16.1 Å². The SMILES string of the molecule is O=C1NCCc2[nH]c(-c3ccnc(O)c3)cc21. The van der Waals surface area contributed by atoms with Crippen molar-refractivity contribution in [1.82, 2.24) is 15.3 Å². The van der Waals surface area contributed by atoms with Crippen molar-refractivity contribution in [2.75, 3.05) is 6.54 Å². The molecule has 1 amide bonds. The van der Waals surface area contributed by atoms with Gasteiger partial charge in [-0.15, -0.1) is 0 Å². The number of amides is 1. The first-order valence-electron chi connectivity index (χ1n) is 5.39. The van der Waals surface area contributed by atoms with Gasteiger partial charge in [-0.2, -0.15) is 0 Å². The zero-order chi connectivity index (χ0) is 11.8. The van der Waals surface area contributed by atoms with Crippen LogP contribution in [0.2, 0.25) is 0 Å². The Balaban J connectivity index is 2.08. The third-order valence-corrected chi connectivity index (χ3v) is 2.86. The molecule has 3 heterocycles. The number of aromatic hydroxyl groups is 1. The van der Waals surface area contributed by atoms with Gasteiger partial charge in [0.05, 0.1) is 5.56 Å². The Morgan fingerprint density at radius 2 is 2.24 bits per heavy atom. The Morgan fingerprint density at radius 3 is 3.00 bits per heavy atom. The van der Waals surface area contributed by atoms with Crippen LogP contribution >= 0.6 is 0 Å². The summed E-state index contributed by atoms with van der Waals surface area (Å²) in [6.45, 7) is 0.660. The van der Waals surface area contributed by atoms with Crippen LogP contribution < -0.4 is 5.32 Å². The van der Waals surface area contributed by atoms with Gasteiger partial charge in [0.25, 0.3) is 5.91 Å². The molecule has 0 atom stereocenters. The van der Waals surface area contributed by atoms with Gasteiger partial charge in [0.2, 0.25) is 5.88 Å². The summed E-state index contributed by atoms with van der Waals surface area (Å²) in [6, 6.07) is 5.16. The molecular weight excluding hydrogens is 218 g/mol. The fraction of sp³-hybridized carbons (Fsp3) is 0.167. The normalized spacial score (nSPS) is 14.2. The Kier molecular flexibility index (Phi) is 2.11. The lowest BCUT2D eigenvalue weighted by Gasteiger charge is -2.10. The maximum Gasteiger partial charge on any atom is 0.253 e. The highest BCUT2D eigenvalue weighted by atomic mass is 16.3. The Bertz CT molecular complexity index is 589. The largest absolute Gasteiger partial charge is 0.493 e. The zero-order valence-electron chi connectivity index (χ0n) is 9.03. The van der Waals surface area contributed by atoms with E-state index in [1.807, 2.05) is 0 Å². The van der Waals surface area contributed by atoms with Gasteiger partial charge in [-0.3, -0.25) is 4.79 Å². The fourth-order valence-electron chi connectivity index (χ4n) is 2.03. The number of aromatic nitrogens is 2. The molecule has 0 spiro atoms. The Labute approximate surface area is 97.5 Å². The maximum absolute atomic E-state index is 11.6. The first-order valence-corrected chi connectivity index (χ1v) is 5.39. The van der Waals surface area contributed by atoms with Crippen LogP contribution in [0.5, 0.6) is 5.88 Å². The molecule has 0 fully saturated rings. The van der Waals surface area contributed by atoms with Crippen LogP contribution in [0.25, 0.3) is 11.3 Å². The molecule has 2 aromatic rings. The standard InChI is InChI=1S/C12H11N3O2/c16-11-5-7(1-3-13-11)10-6-8-9(15-10)2-4-14-12(8)17/h1,3,5-6,15H,2,4H2,(H,13,16)(H,14,17). The summed E-state index contributed by atoms with van der Waals surface area (Å²) in [7, 11) is 0. The van der Waals surface area contributed by atoms with Crippen molar-refractivity contribution in [2.24, 2.45) is 0 Å². The van der Waals surface area contributed by atoms with Gasteiger partial charge in [-0.05, 0) is 12.1 Å². The summed E-state index contributed by atoms with van der Waals surface area (Å²) in [4.78, 5) is 18.5. The lowest BCUT2D eigenvalue weighted by Crippen LogP contribution is -2.31. The van der Waals surface area contributed by atoms with Crippen LogP contribution in [0.4, 0.5) is 0 Å². The predicted octanol–water partition coefficient (Wildman–Crippen LogP) is 1.07. The molecule has 3 rings (SSSR count). The van der Waals surface area contributed by atoms with Crippen molar-refractivity contribution in [3.05, 3.63) is 35.7 Å². The van der Waals surface area contributed by atoms with Crippen LogP contribution in [0.15, 0.2) is 24.4 Å². The van der Waals surface area contributed by atoms with Crippen LogP contribution in [-0.2, 0) is 6.42 Å². The molecule has 2 aromatic heterocycles. The number of aromatic amines is 1. The number of hydrogen-bond donors (Lipinski definition) is 3. The smallest absolute Gasteiger partial charge is 0.253 e. The number of carbonyl (C=O) groups excluding carboxylic acids is 1. The van der Waals surface area contributed by atoms with Crippen LogP contribution in [-0.4, -0.2) is 27.5 Å². The van der Waals surface area contributed by atoms with Crippen molar-refractivity contribution in [1.29, 1.82) is 0 Å². The van der Waals surface area contributed by atoms with Gasteiger partial charge in [0.1, 0.15) is 0 Å². The van der Waals surface area contributed by atoms with Gasteiger partial charge in [0, 0.05) is 42.2 Å². The van der Waals surface area contributed by atoms with E-state index >= 15 is 0 Å². The molecule has 0 bridgehead atoms. The maximum atomic E-state index is 11.6. The van der Waals surface area contributed by atoms with Gasteiger partial charge in [0.15, 0.2) is 0 Å². The van der Waals surface area contributed by atoms with Gasteiger partial charge < -0.3 is 15.4 Å². The molecule has 5 heteroatoms. The molecular formula is C12H11N3O2. The number of H-pyrrole nitrogens is 1. The van der Waals surface area contributed by atoms with Crippen molar-refractivity contribution in [3.63, 3.8) is 0 Å². The first kappa shape index (κ1) is 9.89. The third-order valence-electron chi connectivity index (χ3n) is 2.86. The third kappa shape index (κ3) is 1.65. The second-order valence-corrected chi connectivity index (χ2v) is 3.98. The van der Waals surface area contributed by atoms with E-state index < -0.39 is 0 Å². The summed E-state index contributed by atoms with van der Waals surface area (Å²) >= 11 is 0. The predicted molar refractivity (Wildman–Crippen MR) is 61.7 cm³/mol. The summed E-state index contributed by atoms with van der Waals surface area (Å²) in [5, 5.41) is 12.1. The second-order valence-electron chi connectivity index (χ2n) is 3.98. The molecule has 0 saturated carbocycles. The zero-order valence-corrected chi connectivity index (χ0v) is 9.03. The number of nitrogens with one attached hydrogen (secondary N) is 2. The molecule has 3 N–H and O–H groups in total. The first-order chi connectivity index (χ1) is 8.24. The average molecular weight is 229 g/mol. The van der Waals surface area contributed by atoms with E-state index in [-0.39, 0.29) is 11.8 Å². The molecule has 0 radical (unpaired) electrons. The van der Waals surface area contributed by atoms with Crippen molar-refractivity contribution < 1.29 is 9.90 Å². The molecule has 17 heavy (non-hydrogen) atoms. The summed E-state index contributed by atoms with van der Waals surface area (Å²) in [5.74, 6) is -0.0773. The highest BCUT2D eigenvalue weighted by Crippen LogP contribution is 2.25. The number of hydrogen-bond acceptors (Lipinski definition) is 3. The van der Waals surface area contributed by atoms with E-state index in [9.17, 15) is 9.90 Å². The van der Waals surface area contributed by atoms with Crippen molar-refractivity contribution in [2.45, 2.75) is 6.42 Å². The number of nitrogens with zero attached hydrogens (tertiary/aromatic N) is 1. The number of carbonyl (C=O) groups is 1. The van der Waals surface area contributed by atoms with E-state index in [0.717, 1.165) is 23.4 Å². The van der Waals surface area contributed by atoms with Crippen LogP contribution in [0.3, 0.4) is 0 Å². The van der Waals surface area contributed by atoms with Crippen molar-refractivity contribution >= 4 is 5.91 Å². The quantitative estimate of drug-likeness (QED) is 0.684. The van der Waals surface area contributed by atoms with Crippen LogP contribution in [0, 0.1) is 0 Å². The number of pyridine rings is 1. The molecule has 5 nitrogen and oxygen atoms in total. The molecule has 0 unspecified atom stereocenters. The summed E-state index contributed by atoms with van der Waals surface area (Å²) < 4.78 is 0. The van der Waals surface area contributed by atoms with E-state index in [1.54, 1.807) is 18.2 Å². The van der Waals surface area contributed by atoms with Crippen molar-refractivity contribution in [3.8, 4) is 17.1 Å². The molecule has 1 aliphatic rings. The number of fused-ring (bicyclic) bond motifs is 1. The lowest BCUT2D eigenvalue weighted by molar-refractivity contribution is 0.0946. The topological polar surface area (TPSA) is 78.0 Å². The minimum Gasteiger partial charge on any atom is -0.493 e. The summed E-state index contributed by atoms with van der Waals surface area (Å²) in [6.07, 6.45) is 2.34. The molecule has 86 valence electrons.